The number of hydrogen-bond acceptors (Lipinski definition) is 8. The molecule has 1 aromatic rings. The molecular weight excluding hydrogens is 500 g/mol. The number of halogens is 2. The quantitative estimate of drug-likeness (QED) is 0.596. The minimum atomic E-state index is -3.95. The summed E-state index contributed by atoms with van der Waals surface area (Å²) in [7, 11) is -1.60. The first kappa shape index (κ1) is 20.8. The Morgan fingerprint density at radius 1 is 1.15 bits per heavy atom. The predicted octanol–water partition coefficient (Wildman–Crippen LogP) is 1.25. The minimum Gasteiger partial charge on any atom is -0.466 e. The van der Waals surface area contributed by atoms with Crippen molar-refractivity contribution in [3.63, 3.8) is 0 Å². The monoisotopic (exact) mass is 512 g/mol. The van der Waals surface area contributed by atoms with Gasteiger partial charge in [0.1, 0.15) is 12.4 Å². The molecular formula is C14H14Br2N2O7S. The van der Waals surface area contributed by atoms with Crippen LogP contribution >= 0.6 is 31.9 Å². The average Bonchev–Trinajstić information content (AvgIpc) is 2.58. The third kappa shape index (κ3) is 4.09. The van der Waals surface area contributed by atoms with Crippen LogP contribution in [0.15, 0.2) is 37.2 Å². The molecule has 0 spiro atoms. The van der Waals surface area contributed by atoms with Crippen molar-refractivity contribution >= 4 is 59.5 Å². The van der Waals surface area contributed by atoms with Crippen molar-refractivity contribution in [2.75, 3.05) is 32.5 Å². The lowest BCUT2D eigenvalue weighted by Crippen LogP contribution is -2.39. The molecule has 1 aliphatic heterocycles. The number of rotatable bonds is 4. The maximum absolute atomic E-state index is 12.3. The van der Waals surface area contributed by atoms with E-state index >= 15 is 0 Å². The van der Waals surface area contributed by atoms with Crippen molar-refractivity contribution in [2.24, 2.45) is 5.14 Å². The van der Waals surface area contributed by atoms with E-state index in [4.69, 9.17) is 19.3 Å². The van der Waals surface area contributed by atoms with Gasteiger partial charge in [-0.3, -0.25) is 0 Å². The van der Waals surface area contributed by atoms with Crippen LogP contribution < -0.4 is 10.0 Å². The molecule has 0 unspecified atom stereocenters. The SMILES string of the molecule is COC(=O)C1=C(C(=O)OC)N(c2c(Br)cc(S(N)(=O)=O)cc2Br)COC1. The summed E-state index contributed by atoms with van der Waals surface area (Å²) < 4.78 is 38.6. The minimum absolute atomic E-state index is 0.0278. The van der Waals surface area contributed by atoms with Gasteiger partial charge in [0.25, 0.3) is 0 Å². The molecule has 1 aromatic carbocycles. The Morgan fingerprint density at radius 2 is 1.69 bits per heavy atom. The molecule has 0 aliphatic carbocycles. The van der Waals surface area contributed by atoms with Crippen LogP contribution in [-0.2, 0) is 33.8 Å². The van der Waals surface area contributed by atoms with Crippen LogP contribution in [0.3, 0.4) is 0 Å². The van der Waals surface area contributed by atoms with Crippen molar-refractivity contribution in [3.05, 3.63) is 32.3 Å². The van der Waals surface area contributed by atoms with E-state index in [-0.39, 0.29) is 29.5 Å². The number of ether oxygens (including phenoxy) is 3. The second-order valence-electron chi connectivity index (χ2n) is 5.00. The van der Waals surface area contributed by atoms with Crippen molar-refractivity contribution in [1.29, 1.82) is 0 Å². The Bertz CT molecular complexity index is 876. The number of methoxy groups -OCH3 is 2. The van der Waals surface area contributed by atoms with Crippen LogP contribution in [0.25, 0.3) is 0 Å². The van der Waals surface area contributed by atoms with Crippen LogP contribution in [-0.4, -0.2) is 47.9 Å². The number of hydrogen-bond donors (Lipinski definition) is 1. The lowest BCUT2D eigenvalue weighted by Gasteiger charge is -2.32. The van der Waals surface area contributed by atoms with Crippen LogP contribution in [0.5, 0.6) is 0 Å². The highest BCUT2D eigenvalue weighted by Crippen LogP contribution is 2.40. The Hall–Kier alpha value is -1.47. The summed E-state index contributed by atoms with van der Waals surface area (Å²) in [6.07, 6.45) is 0. The summed E-state index contributed by atoms with van der Waals surface area (Å²) in [5, 5.41) is 5.15. The summed E-state index contributed by atoms with van der Waals surface area (Å²) in [4.78, 5) is 25.5. The van der Waals surface area contributed by atoms with Crippen LogP contribution in [0.4, 0.5) is 5.69 Å². The highest BCUT2D eigenvalue weighted by atomic mass is 79.9. The molecule has 2 rings (SSSR count). The van der Waals surface area contributed by atoms with Crippen molar-refractivity contribution < 1.29 is 32.2 Å². The van der Waals surface area contributed by atoms with E-state index < -0.39 is 22.0 Å². The number of anilines is 1. The van der Waals surface area contributed by atoms with Gasteiger partial charge >= 0.3 is 11.9 Å². The van der Waals surface area contributed by atoms with Gasteiger partial charge in [0.2, 0.25) is 10.0 Å². The van der Waals surface area contributed by atoms with Gasteiger partial charge in [0.05, 0.1) is 37.0 Å². The fourth-order valence-electron chi connectivity index (χ4n) is 2.28. The van der Waals surface area contributed by atoms with Gasteiger partial charge in [-0.15, -0.1) is 0 Å². The molecule has 1 aliphatic rings. The Kier molecular flexibility index (Phi) is 6.45. The molecule has 0 saturated carbocycles. The van der Waals surface area contributed by atoms with Crippen LogP contribution in [0, 0.1) is 0 Å². The molecule has 0 aromatic heterocycles. The number of primary sulfonamides is 1. The maximum atomic E-state index is 12.3. The van der Waals surface area contributed by atoms with Crippen molar-refractivity contribution in [3.8, 4) is 0 Å². The second-order valence-corrected chi connectivity index (χ2v) is 8.27. The van der Waals surface area contributed by atoms with Gasteiger partial charge in [-0.05, 0) is 44.0 Å². The van der Waals surface area contributed by atoms with E-state index in [0.29, 0.717) is 14.6 Å². The highest BCUT2D eigenvalue weighted by Gasteiger charge is 2.34. The first-order valence-electron chi connectivity index (χ1n) is 6.88. The van der Waals surface area contributed by atoms with Gasteiger partial charge in [-0.25, -0.2) is 23.1 Å². The molecule has 1 heterocycles. The Morgan fingerprint density at radius 3 is 2.15 bits per heavy atom. The third-order valence-electron chi connectivity index (χ3n) is 3.42. The Labute approximate surface area is 166 Å². The van der Waals surface area contributed by atoms with Gasteiger partial charge in [0.15, 0.2) is 0 Å². The zero-order valence-electron chi connectivity index (χ0n) is 13.6. The summed E-state index contributed by atoms with van der Waals surface area (Å²) in [6, 6.07) is 2.55. The lowest BCUT2D eigenvalue weighted by molar-refractivity contribution is -0.140. The van der Waals surface area contributed by atoms with Gasteiger partial charge in [-0.1, -0.05) is 0 Å². The van der Waals surface area contributed by atoms with Gasteiger partial charge in [-0.2, -0.15) is 0 Å². The number of esters is 2. The average molecular weight is 514 g/mol. The molecule has 0 amide bonds. The van der Waals surface area contributed by atoms with E-state index in [1.165, 1.54) is 31.3 Å². The number of sulfonamides is 1. The molecule has 0 atom stereocenters. The number of nitrogens with zero attached hydrogens (tertiary/aromatic N) is 1. The second kappa shape index (κ2) is 8.05. The summed E-state index contributed by atoms with van der Waals surface area (Å²) in [5.74, 6) is -1.52. The Balaban J connectivity index is 2.69. The van der Waals surface area contributed by atoms with E-state index in [0.717, 1.165) is 0 Å². The zero-order chi connectivity index (χ0) is 19.6. The zero-order valence-corrected chi connectivity index (χ0v) is 17.6. The first-order valence-corrected chi connectivity index (χ1v) is 10.0. The van der Waals surface area contributed by atoms with E-state index in [1.54, 1.807) is 0 Å². The largest absolute Gasteiger partial charge is 0.466 e. The summed E-state index contributed by atoms with van der Waals surface area (Å²) in [6.45, 7) is -0.227. The fraction of sp³-hybridized carbons (Fsp3) is 0.286. The molecule has 9 nitrogen and oxygen atoms in total. The molecule has 0 fully saturated rings. The molecule has 0 radical (unpaired) electrons. The topological polar surface area (TPSA) is 125 Å². The first-order chi connectivity index (χ1) is 12.1. The predicted molar refractivity (Wildman–Crippen MR) is 97.6 cm³/mol. The van der Waals surface area contributed by atoms with E-state index in [2.05, 4.69) is 31.9 Å². The van der Waals surface area contributed by atoms with Crippen molar-refractivity contribution in [2.45, 2.75) is 4.90 Å². The number of carbonyl (C=O) groups is 2. The smallest absolute Gasteiger partial charge is 0.355 e. The van der Waals surface area contributed by atoms with Crippen LogP contribution in [0.2, 0.25) is 0 Å². The molecule has 0 saturated heterocycles. The summed E-state index contributed by atoms with van der Waals surface area (Å²) >= 11 is 6.52. The van der Waals surface area contributed by atoms with E-state index in [9.17, 15) is 18.0 Å². The highest BCUT2D eigenvalue weighted by molar-refractivity contribution is 9.11. The third-order valence-corrected chi connectivity index (χ3v) is 5.52. The van der Waals surface area contributed by atoms with Crippen molar-refractivity contribution in [1.82, 2.24) is 0 Å². The number of benzene rings is 1. The molecule has 2 N–H and O–H groups in total. The maximum Gasteiger partial charge on any atom is 0.355 e. The molecule has 142 valence electrons. The molecule has 0 bridgehead atoms. The summed E-state index contributed by atoms with van der Waals surface area (Å²) in [5.41, 5.74) is 0.245. The van der Waals surface area contributed by atoms with Gasteiger partial charge in [0, 0.05) is 8.95 Å². The standard InChI is InChI=1S/C14H14Br2N2O7S/c1-23-13(19)8-5-25-6-18(11(8)14(20)24-2)12-9(15)3-7(4-10(12)16)26(17,21)22/h3-4H,5-6H2,1-2H3,(H2,17,21,22). The number of carbonyl (C=O) groups excluding carboxylic acids is 2. The van der Waals surface area contributed by atoms with E-state index in [1.807, 2.05) is 0 Å². The fourth-order valence-corrected chi connectivity index (χ4v) is 4.77. The molecule has 26 heavy (non-hydrogen) atoms. The van der Waals surface area contributed by atoms with Gasteiger partial charge < -0.3 is 19.1 Å². The lowest BCUT2D eigenvalue weighted by atomic mass is 10.1. The molecule has 12 heteroatoms. The van der Waals surface area contributed by atoms with Crippen LogP contribution in [0.1, 0.15) is 0 Å². The normalized spacial score (nSPS) is 15.0. The number of nitrogens with two attached hydrogens (primary N) is 1.